The topological polar surface area (TPSA) is 59.7 Å². The molecule has 6 heteroatoms. The van der Waals surface area contributed by atoms with Crippen molar-refractivity contribution in [2.24, 2.45) is 0 Å². The van der Waals surface area contributed by atoms with Gasteiger partial charge in [-0.2, -0.15) is 0 Å². The lowest BCUT2D eigenvalue weighted by atomic mass is 9.95. The van der Waals surface area contributed by atoms with E-state index < -0.39 is 5.60 Å². The standard InChI is InChI=1S/C10H10BrN3O2/c11-9-12-8-2-1-7(5-14(8)13-9)10(15)3-4-16-6-10/h1-2,5,15H,3-4,6H2. The van der Waals surface area contributed by atoms with E-state index in [0.717, 1.165) is 11.2 Å². The van der Waals surface area contributed by atoms with Crippen molar-refractivity contribution in [3.63, 3.8) is 0 Å². The van der Waals surface area contributed by atoms with Gasteiger partial charge in [-0.25, -0.2) is 9.50 Å². The molecule has 1 aliphatic rings. The fourth-order valence-electron chi connectivity index (χ4n) is 1.91. The second kappa shape index (κ2) is 3.51. The Labute approximate surface area is 100 Å². The van der Waals surface area contributed by atoms with Gasteiger partial charge in [-0.15, -0.1) is 5.10 Å². The van der Waals surface area contributed by atoms with Crippen LogP contribution in [0.3, 0.4) is 0 Å². The van der Waals surface area contributed by atoms with Crippen LogP contribution in [0.15, 0.2) is 23.1 Å². The SMILES string of the molecule is OC1(c2ccc3nc(Br)nn3c2)CCOC1. The van der Waals surface area contributed by atoms with Gasteiger partial charge in [0.15, 0.2) is 5.65 Å². The molecule has 1 unspecified atom stereocenters. The summed E-state index contributed by atoms with van der Waals surface area (Å²) in [6, 6.07) is 3.70. The van der Waals surface area contributed by atoms with Crippen LogP contribution in [0.1, 0.15) is 12.0 Å². The number of fused-ring (bicyclic) bond motifs is 1. The smallest absolute Gasteiger partial charge is 0.218 e. The molecule has 1 fully saturated rings. The highest BCUT2D eigenvalue weighted by Gasteiger charge is 2.34. The average molecular weight is 284 g/mol. The Morgan fingerprint density at radius 2 is 2.38 bits per heavy atom. The van der Waals surface area contributed by atoms with Crippen LogP contribution in [-0.4, -0.2) is 32.9 Å². The molecule has 0 aliphatic carbocycles. The zero-order valence-electron chi connectivity index (χ0n) is 8.43. The summed E-state index contributed by atoms with van der Waals surface area (Å²) in [4.78, 5) is 4.16. The maximum atomic E-state index is 10.3. The second-order valence-electron chi connectivity index (χ2n) is 3.94. The molecule has 0 radical (unpaired) electrons. The predicted octanol–water partition coefficient (Wildman–Crippen LogP) is 1.10. The van der Waals surface area contributed by atoms with Gasteiger partial charge in [0.1, 0.15) is 5.60 Å². The van der Waals surface area contributed by atoms with Crippen molar-refractivity contribution in [3.05, 3.63) is 28.6 Å². The van der Waals surface area contributed by atoms with Gasteiger partial charge < -0.3 is 9.84 Å². The number of aromatic nitrogens is 3. The summed E-state index contributed by atoms with van der Waals surface area (Å²) in [5, 5.41) is 14.5. The van der Waals surface area contributed by atoms with Gasteiger partial charge in [-0.3, -0.25) is 0 Å². The van der Waals surface area contributed by atoms with Gasteiger partial charge in [-0.05, 0) is 22.0 Å². The molecule has 1 atom stereocenters. The van der Waals surface area contributed by atoms with Gasteiger partial charge in [-0.1, -0.05) is 6.07 Å². The third kappa shape index (κ3) is 1.53. The van der Waals surface area contributed by atoms with E-state index >= 15 is 0 Å². The van der Waals surface area contributed by atoms with Crippen LogP contribution in [-0.2, 0) is 10.3 Å². The van der Waals surface area contributed by atoms with Gasteiger partial charge in [0.25, 0.3) is 0 Å². The largest absolute Gasteiger partial charge is 0.383 e. The highest BCUT2D eigenvalue weighted by Crippen LogP contribution is 2.30. The van der Waals surface area contributed by atoms with E-state index in [2.05, 4.69) is 26.0 Å². The molecule has 3 heterocycles. The molecule has 1 saturated heterocycles. The Kier molecular flexibility index (Phi) is 2.24. The van der Waals surface area contributed by atoms with E-state index in [1.165, 1.54) is 0 Å². The lowest BCUT2D eigenvalue weighted by Crippen LogP contribution is -2.26. The van der Waals surface area contributed by atoms with Crippen LogP contribution in [0.2, 0.25) is 0 Å². The Morgan fingerprint density at radius 1 is 1.50 bits per heavy atom. The normalized spacial score (nSPS) is 25.4. The number of halogens is 1. The van der Waals surface area contributed by atoms with Crippen molar-refractivity contribution in [2.45, 2.75) is 12.0 Å². The summed E-state index contributed by atoms with van der Waals surface area (Å²) < 4.78 is 7.42. The molecule has 16 heavy (non-hydrogen) atoms. The van der Waals surface area contributed by atoms with E-state index in [0.29, 0.717) is 24.4 Å². The summed E-state index contributed by atoms with van der Waals surface area (Å²) in [6.45, 7) is 0.934. The average Bonchev–Trinajstić information content (AvgIpc) is 2.82. The number of pyridine rings is 1. The zero-order valence-corrected chi connectivity index (χ0v) is 10.0. The highest BCUT2D eigenvalue weighted by atomic mass is 79.9. The lowest BCUT2D eigenvalue weighted by Gasteiger charge is -2.20. The second-order valence-corrected chi connectivity index (χ2v) is 4.64. The van der Waals surface area contributed by atoms with Crippen LogP contribution in [0.4, 0.5) is 0 Å². The predicted molar refractivity (Wildman–Crippen MR) is 60.0 cm³/mol. The maximum Gasteiger partial charge on any atom is 0.218 e. The first-order valence-corrected chi connectivity index (χ1v) is 5.79. The van der Waals surface area contributed by atoms with Crippen LogP contribution in [0, 0.1) is 0 Å². The highest BCUT2D eigenvalue weighted by molar-refractivity contribution is 9.10. The summed E-state index contributed by atoms with van der Waals surface area (Å²) in [5.74, 6) is 0. The Bertz CT molecular complexity index is 534. The van der Waals surface area contributed by atoms with E-state index in [1.807, 2.05) is 12.1 Å². The van der Waals surface area contributed by atoms with E-state index in [4.69, 9.17) is 4.74 Å². The molecule has 1 aliphatic heterocycles. The van der Waals surface area contributed by atoms with Crippen molar-refractivity contribution in [1.29, 1.82) is 0 Å². The summed E-state index contributed by atoms with van der Waals surface area (Å²) in [6.07, 6.45) is 2.41. The fraction of sp³-hybridized carbons (Fsp3) is 0.400. The van der Waals surface area contributed by atoms with Crippen LogP contribution in [0.5, 0.6) is 0 Å². The van der Waals surface area contributed by atoms with Gasteiger partial charge in [0, 0.05) is 24.8 Å². The van der Waals surface area contributed by atoms with E-state index in [1.54, 1.807) is 10.7 Å². The molecule has 0 spiro atoms. The molecule has 0 amide bonds. The Hall–Kier alpha value is -0.980. The zero-order chi connectivity index (χ0) is 11.2. The van der Waals surface area contributed by atoms with Crippen LogP contribution < -0.4 is 0 Å². The third-order valence-electron chi connectivity index (χ3n) is 2.84. The first kappa shape index (κ1) is 10.2. The number of hydrogen-bond acceptors (Lipinski definition) is 4. The van der Waals surface area contributed by atoms with Crippen LogP contribution >= 0.6 is 15.9 Å². The minimum atomic E-state index is -0.882. The molecule has 2 aromatic heterocycles. The minimum Gasteiger partial charge on any atom is -0.383 e. The third-order valence-corrected chi connectivity index (χ3v) is 3.18. The van der Waals surface area contributed by atoms with Crippen molar-refractivity contribution < 1.29 is 9.84 Å². The first-order valence-electron chi connectivity index (χ1n) is 5.00. The van der Waals surface area contributed by atoms with E-state index in [-0.39, 0.29) is 0 Å². The van der Waals surface area contributed by atoms with E-state index in [9.17, 15) is 5.11 Å². The number of hydrogen-bond donors (Lipinski definition) is 1. The lowest BCUT2D eigenvalue weighted by molar-refractivity contribution is 0.0228. The van der Waals surface area contributed by atoms with Crippen molar-refractivity contribution >= 4 is 21.6 Å². The molecule has 3 rings (SSSR count). The first-order chi connectivity index (χ1) is 7.67. The minimum absolute atomic E-state index is 0.342. The number of ether oxygens (including phenoxy) is 1. The fourth-order valence-corrected chi connectivity index (χ4v) is 2.27. The van der Waals surface area contributed by atoms with Gasteiger partial charge in [0.2, 0.25) is 4.73 Å². The summed E-state index contributed by atoms with van der Waals surface area (Å²) in [7, 11) is 0. The Morgan fingerprint density at radius 3 is 3.12 bits per heavy atom. The van der Waals surface area contributed by atoms with Crippen molar-refractivity contribution in [2.75, 3.05) is 13.2 Å². The number of nitrogens with zero attached hydrogens (tertiary/aromatic N) is 3. The maximum absolute atomic E-state index is 10.3. The molecule has 0 bridgehead atoms. The molecular weight excluding hydrogens is 274 g/mol. The quantitative estimate of drug-likeness (QED) is 0.852. The summed E-state index contributed by atoms with van der Waals surface area (Å²) in [5.41, 5.74) is 0.681. The number of aliphatic hydroxyl groups is 1. The monoisotopic (exact) mass is 283 g/mol. The van der Waals surface area contributed by atoms with Gasteiger partial charge >= 0.3 is 0 Å². The summed E-state index contributed by atoms with van der Waals surface area (Å²) >= 11 is 3.22. The molecule has 0 saturated carbocycles. The Balaban J connectivity index is 2.10. The number of rotatable bonds is 1. The molecule has 5 nitrogen and oxygen atoms in total. The van der Waals surface area contributed by atoms with Crippen molar-refractivity contribution in [1.82, 2.24) is 14.6 Å². The molecule has 84 valence electrons. The van der Waals surface area contributed by atoms with Crippen LogP contribution in [0.25, 0.3) is 5.65 Å². The van der Waals surface area contributed by atoms with Crippen molar-refractivity contribution in [3.8, 4) is 0 Å². The van der Waals surface area contributed by atoms with Gasteiger partial charge in [0.05, 0.1) is 6.61 Å². The molecule has 0 aromatic carbocycles. The molecular formula is C10H10BrN3O2. The molecule has 2 aromatic rings. The molecule has 1 N–H and O–H groups in total.